The van der Waals surface area contributed by atoms with Crippen molar-refractivity contribution >= 4 is 5.97 Å². The average Bonchev–Trinajstić information content (AvgIpc) is 2.52. The van der Waals surface area contributed by atoms with E-state index in [9.17, 15) is 9.90 Å². The fraction of sp³-hybridized carbons (Fsp3) is 0.235. The highest BCUT2D eigenvalue weighted by Gasteiger charge is 2.19. The van der Waals surface area contributed by atoms with Gasteiger partial charge in [0.05, 0.1) is 13.0 Å². The highest BCUT2D eigenvalue weighted by atomic mass is 16.5. The molecule has 0 aliphatic rings. The number of ether oxygens (including phenoxy) is 2. The van der Waals surface area contributed by atoms with Gasteiger partial charge in [-0.15, -0.1) is 0 Å². The zero-order valence-electron chi connectivity index (χ0n) is 11.9. The molecule has 2 aromatic carbocycles. The Labute approximate surface area is 123 Å². The minimum Gasteiger partial charge on any atom is -0.497 e. The predicted octanol–water partition coefficient (Wildman–Crippen LogP) is 3.02. The largest absolute Gasteiger partial charge is 0.497 e. The van der Waals surface area contributed by atoms with Crippen LogP contribution < -0.4 is 9.47 Å². The number of hydrogen-bond acceptors (Lipinski definition) is 3. The minimum atomic E-state index is -0.859. The molecule has 0 aliphatic heterocycles. The molecule has 2 aromatic rings. The Morgan fingerprint density at radius 1 is 1.10 bits per heavy atom. The van der Waals surface area contributed by atoms with E-state index in [4.69, 9.17) is 9.47 Å². The number of methoxy groups -OCH3 is 1. The Morgan fingerprint density at radius 3 is 2.48 bits per heavy atom. The lowest BCUT2D eigenvalue weighted by Gasteiger charge is -2.14. The summed E-state index contributed by atoms with van der Waals surface area (Å²) in [4.78, 5) is 11.3. The minimum absolute atomic E-state index is 0.122. The summed E-state index contributed by atoms with van der Waals surface area (Å²) in [7, 11) is 1.58. The maximum absolute atomic E-state index is 11.3. The van der Waals surface area contributed by atoms with Gasteiger partial charge in [0.25, 0.3) is 0 Å². The molecule has 0 amide bonds. The molecule has 0 saturated carbocycles. The first-order chi connectivity index (χ1) is 10.2. The Morgan fingerprint density at radius 2 is 1.81 bits per heavy atom. The van der Waals surface area contributed by atoms with Gasteiger partial charge in [-0.2, -0.15) is 0 Å². The van der Waals surface area contributed by atoms with E-state index in [-0.39, 0.29) is 6.61 Å². The van der Waals surface area contributed by atoms with Gasteiger partial charge >= 0.3 is 5.97 Å². The van der Waals surface area contributed by atoms with Crippen LogP contribution in [0.3, 0.4) is 0 Å². The number of aliphatic carboxylic acids is 1. The first kappa shape index (κ1) is 14.9. The van der Waals surface area contributed by atoms with Crippen molar-refractivity contribution < 1.29 is 19.4 Å². The fourth-order valence-electron chi connectivity index (χ4n) is 2.00. The molecule has 0 saturated heterocycles. The van der Waals surface area contributed by atoms with Crippen LogP contribution in [0.5, 0.6) is 11.5 Å². The summed E-state index contributed by atoms with van der Waals surface area (Å²) in [6.45, 7) is 0.122. The molecule has 1 N–H and O–H groups in total. The summed E-state index contributed by atoms with van der Waals surface area (Å²) in [6, 6.07) is 16.7. The molecule has 21 heavy (non-hydrogen) atoms. The fourth-order valence-corrected chi connectivity index (χ4v) is 2.00. The van der Waals surface area contributed by atoms with E-state index >= 15 is 0 Å². The molecule has 0 bridgehead atoms. The van der Waals surface area contributed by atoms with Gasteiger partial charge in [0.1, 0.15) is 18.1 Å². The van der Waals surface area contributed by atoms with Crippen molar-refractivity contribution in [2.75, 3.05) is 13.7 Å². The summed E-state index contributed by atoms with van der Waals surface area (Å²) in [5, 5.41) is 9.31. The molecule has 0 aromatic heterocycles. The molecule has 1 unspecified atom stereocenters. The third-order valence-electron chi connectivity index (χ3n) is 3.17. The first-order valence-electron chi connectivity index (χ1n) is 6.72. The van der Waals surface area contributed by atoms with Crippen LogP contribution in [-0.4, -0.2) is 24.8 Å². The quantitative estimate of drug-likeness (QED) is 0.850. The monoisotopic (exact) mass is 286 g/mol. The van der Waals surface area contributed by atoms with Crippen molar-refractivity contribution in [3.63, 3.8) is 0 Å². The van der Waals surface area contributed by atoms with Gasteiger partial charge < -0.3 is 14.6 Å². The molecule has 4 heteroatoms. The van der Waals surface area contributed by atoms with Crippen molar-refractivity contribution in [3.05, 3.63) is 60.2 Å². The van der Waals surface area contributed by atoms with Crippen LogP contribution in [0.1, 0.15) is 5.56 Å². The van der Waals surface area contributed by atoms with E-state index in [1.54, 1.807) is 25.3 Å². The number of benzene rings is 2. The van der Waals surface area contributed by atoms with E-state index in [1.165, 1.54) is 0 Å². The molecular formula is C17H18O4. The van der Waals surface area contributed by atoms with Gasteiger partial charge in [-0.25, -0.2) is 0 Å². The van der Waals surface area contributed by atoms with Gasteiger partial charge in [-0.3, -0.25) is 4.79 Å². The average molecular weight is 286 g/mol. The Kier molecular flexibility index (Phi) is 5.21. The van der Waals surface area contributed by atoms with Crippen molar-refractivity contribution in [3.8, 4) is 11.5 Å². The lowest BCUT2D eigenvalue weighted by molar-refractivity contribution is -0.142. The summed E-state index contributed by atoms with van der Waals surface area (Å²) in [5.74, 6) is -0.156. The molecule has 0 radical (unpaired) electrons. The smallest absolute Gasteiger partial charge is 0.310 e. The third kappa shape index (κ3) is 4.53. The Bertz CT molecular complexity index is 580. The second-order valence-electron chi connectivity index (χ2n) is 4.71. The number of carbonyl (C=O) groups is 1. The van der Waals surface area contributed by atoms with Gasteiger partial charge in [0.2, 0.25) is 0 Å². The third-order valence-corrected chi connectivity index (χ3v) is 3.17. The molecule has 1 atom stereocenters. The van der Waals surface area contributed by atoms with E-state index in [1.807, 2.05) is 36.4 Å². The number of rotatable bonds is 7. The molecule has 110 valence electrons. The van der Waals surface area contributed by atoms with Gasteiger partial charge in [0, 0.05) is 6.07 Å². The molecule has 0 heterocycles. The van der Waals surface area contributed by atoms with E-state index in [0.717, 1.165) is 5.56 Å². The normalized spacial score (nSPS) is 11.7. The number of carboxylic acids is 1. The van der Waals surface area contributed by atoms with E-state index in [2.05, 4.69) is 0 Å². The second-order valence-corrected chi connectivity index (χ2v) is 4.71. The zero-order valence-corrected chi connectivity index (χ0v) is 11.9. The maximum Gasteiger partial charge on any atom is 0.310 e. The second kappa shape index (κ2) is 7.33. The summed E-state index contributed by atoms with van der Waals surface area (Å²) >= 11 is 0. The highest BCUT2D eigenvalue weighted by molar-refractivity contribution is 5.70. The molecule has 4 nitrogen and oxygen atoms in total. The van der Waals surface area contributed by atoms with Crippen molar-refractivity contribution in [2.24, 2.45) is 5.92 Å². The van der Waals surface area contributed by atoms with Crippen molar-refractivity contribution in [1.29, 1.82) is 0 Å². The van der Waals surface area contributed by atoms with Crippen LogP contribution in [-0.2, 0) is 11.2 Å². The van der Waals surface area contributed by atoms with Crippen LogP contribution in [0.15, 0.2) is 54.6 Å². The van der Waals surface area contributed by atoms with Crippen LogP contribution in [0.2, 0.25) is 0 Å². The lowest BCUT2D eigenvalue weighted by Crippen LogP contribution is -2.23. The summed E-state index contributed by atoms with van der Waals surface area (Å²) < 4.78 is 10.7. The van der Waals surface area contributed by atoms with Crippen LogP contribution in [0.4, 0.5) is 0 Å². The van der Waals surface area contributed by atoms with Gasteiger partial charge in [0.15, 0.2) is 0 Å². The first-order valence-corrected chi connectivity index (χ1v) is 6.72. The molecule has 2 rings (SSSR count). The molecule has 0 aliphatic carbocycles. The number of carboxylic acid groups (broad SMARTS) is 1. The van der Waals surface area contributed by atoms with Crippen molar-refractivity contribution in [2.45, 2.75) is 6.42 Å². The molecule has 0 spiro atoms. The lowest BCUT2D eigenvalue weighted by atomic mass is 10.0. The molecular weight excluding hydrogens is 268 g/mol. The predicted molar refractivity (Wildman–Crippen MR) is 79.8 cm³/mol. The maximum atomic E-state index is 11.3. The van der Waals surface area contributed by atoms with Gasteiger partial charge in [-0.05, 0) is 24.1 Å². The molecule has 0 fully saturated rings. The summed E-state index contributed by atoms with van der Waals surface area (Å²) in [6.07, 6.45) is 0.445. The standard InChI is InChI=1S/C17H18O4/c1-20-15-8-5-9-16(11-15)21-12-14(17(18)19)10-13-6-3-2-4-7-13/h2-9,11,14H,10,12H2,1H3,(H,18,19). The van der Waals surface area contributed by atoms with Crippen molar-refractivity contribution in [1.82, 2.24) is 0 Å². The highest BCUT2D eigenvalue weighted by Crippen LogP contribution is 2.20. The SMILES string of the molecule is COc1cccc(OCC(Cc2ccccc2)C(=O)O)c1. The number of hydrogen-bond donors (Lipinski definition) is 1. The topological polar surface area (TPSA) is 55.8 Å². The Balaban J connectivity index is 1.98. The van der Waals surface area contributed by atoms with Gasteiger partial charge in [-0.1, -0.05) is 36.4 Å². The van der Waals surface area contributed by atoms with Crippen LogP contribution in [0, 0.1) is 5.92 Å². The van der Waals surface area contributed by atoms with E-state index < -0.39 is 11.9 Å². The van der Waals surface area contributed by atoms with E-state index in [0.29, 0.717) is 17.9 Å². The Hall–Kier alpha value is -2.49. The zero-order chi connectivity index (χ0) is 15.1. The van der Waals surface area contributed by atoms with Crippen LogP contribution in [0.25, 0.3) is 0 Å². The van der Waals surface area contributed by atoms with Crippen LogP contribution >= 0.6 is 0 Å². The summed E-state index contributed by atoms with van der Waals surface area (Å²) in [5.41, 5.74) is 0.985.